The average Bonchev–Trinajstić information content (AvgIpc) is 2.52. The lowest BCUT2D eigenvalue weighted by molar-refractivity contribution is -0.147. The monoisotopic (exact) mass is 322 g/mol. The summed E-state index contributed by atoms with van der Waals surface area (Å²) in [6, 6.07) is 8.30. The van der Waals surface area contributed by atoms with E-state index in [-0.39, 0.29) is 11.3 Å². The van der Waals surface area contributed by atoms with Crippen molar-refractivity contribution < 1.29 is 18.3 Å². The SMILES string of the molecule is CCC(C)(C(=O)O)N(C)S(=O)(=O)c1cccc2cccnc12. The molecule has 0 saturated carbocycles. The minimum Gasteiger partial charge on any atom is -0.480 e. The van der Waals surface area contributed by atoms with Crippen LogP contribution in [0, 0.1) is 0 Å². The highest BCUT2D eigenvalue weighted by Crippen LogP contribution is 2.29. The van der Waals surface area contributed by atoms with Crippen LogP contribution in [-0.4, -0.2) is 41.4 Å². The Bertz CT molecular complexity index is 814. The van der Waals surface area contributed by atoms with Gasteiger partial charge in [0.05, 0.1) is 5.52 Å². The van der Waals surface area contributed by atoms with Crippen LogP contribution in [0.4, 0.5) is 0 Å². The van der Waals surface area contributed by atoms with Crippen molar-refractivity contribution in [2.45, 2.75) is 30.7 Å². The molecule has 2 aromatic rings. The van der Waals surface area contributed by atoms with E-state index in [1.807, 2.05) is 0 Å². The third kappa shape index (κ3) is 2.46. The van der Waals surface area contributed by atoms with Crippen LogP contribution in [0.3, 0.4) is 0 Å². The van der Waals surface area contributed by atoms with Gasteiger partial charge < -0.3 is 5.11 Å². The number of para-hydroxylation sites is 1. The summed E-state index contributed by atoms with van der Waals surface area (Å²) in [7, 11) is -2.70. The van der Waals surface area contributed by atoms with Crippen LogP contribution in [0.25, 0.3) is 10.9 Å². The van der Waals surface area contributed by atoms with E-state index in [2.05, 4.69) is 4.98 Å². The molecule has 1 unspecified atom stereocenters. The fourth-order valence-corrected chi connectivity index (χ4v) is 3.90. The molecule has 1 N–H and O–H groups in total. The predicted molar refractivity (Wildman–Crippen MR) is 83.0 cm³/mol. The van der Waals surface area contributed by atoms with Crippen LogP contribution in [0.1, 0.15) is 20.3 Å². The lowest BCUT2D eigenvalue weighted by atomic mass is 10.00. The fourth-order valence-electron chi connectivity index (χ4n) is 2.21. The number of likely N-dealkylation sites (N-methyl/N-ethyl adjacent to an activating group) is 1. The number of carbonyl (C=O) groups is 1. The largest absolute Gasteiger partial charge is 0.480 e. The van der Waals surface area contributed by atoms with Crippen LogP contribution < -0.4 is 0 Å². The Morgan fingerprint density at radius 3 is 2.55 bits per heavy atom. The number of hydrogen-bond acceptors (Lipinski definition) is 4. The summed E-state index contributed by atoms with van der Waals surface area (Å²) in [6.45, 7) is 3.03. The second-order valence-corrected chi connectivity index (χ2v) is 7.17. The van der Waals surface area contributed by atoms with Gasteiger partial charge in [0.15, 0.2) is 0 Å². The highest BCUT2D eigenvalue weighted by molar-refractivity contribution is 7.89. The highest BCUT2D eigenvalue weighted by Gasteiger charge is 2.43. The van der Waals surface area contributed by atoms with Gasteiger partial charge in [0, 0.05) is 18.6 Å². The zero-order valence-corrected chi connectivity index (χ0v) is 13.5. The van der Waals surface area contributed by atoms with Gasteiger partial charge in [0.25, 0.3) is 0 Å². The van der Waals surface area contributed by atoms with Gasteiger partial charge in [-0.05, 0) is 25.5 Å². The zero-order valence-electron chi connectivity index (χ0n) is 12.6. The Balaban J connectivity index is 2.66. The van der Waals surface area contributed by atoms with Crippen LogP contribution in [-0.2, 0) is 14.8 Å². The molecule has 118 valence electrons. The van der Waals surface area contributed by atoms with Crippen molar-refractivity contribution in [2.24, 2.45) is 0 Å². The number of aromatic nitrogens is 1. The molecular formula is C15H18N2O4S. The molecule has 0 radical (unpaired) electrons. The number of pyridine rings is 1. The van der Waals surface area contributed by atoms with Gasteiger partial charge in [-0.15, -0.1) is 0 Å². The first kappa shape index (κ1) is 16.4. The first-order valence-corrected chi connectivity index (χ1v) is 8.25. The van der Waals surface area contributed by atoms with Gasteiger partial charge >= 0.3 is 5.97 Å². The molecule has 0 fully saturated rings. The molecule has 1 aromatic carbocycles. The van der Waals surface area contributed by atoms with Crippen molar-refractivity contribution in [3.8, 4) is 0 Å². The standard InChI is InChI=1S/C15H18N2O4S/c1-4-15(2,14(18)19)17(3)22(20,21)12-9-5-7-11-8-6-10-16-13(11)12/h5-10H,4H2,1-3H3,(H,18,19). The number of benzene rings is 1. The predicted octanol–water partition coefficient (Wildman–Crippen LogP) is 2.11. The molecule has 0 saturated heterocycles. The molecule has 0 bridgehead atoms. The molecular weight excluding hydrogens is 304 g/mol. The van der Waals surface area contributed by atoms with Gasteiger partial charge in [-0.1, -0.05) is 25.1 Å². The number of sulfonamides is 1. The average molecular weight is 322 g/mol. The Kier molecular flexibility index (Phi) is 4.21. The van der Waals surface area contributed by atoms with E-state index in [0.29, 0.717) is 10.9 Å². The van der Waals surface area contributed by atoms with Gasteiger partial charge in [0.1, 0.15) is 10.4 Å². The molecule has 6 nitrogen and oxygen atoms in total. The molecule has 1 atom stereocenters. The molecule has 1 aromatic heterocycles. The second-order valence-electron chi connectivity index (χ2n) is 5.24. The summed E-state index contributed by atoms with van der Waals surface area (Å²) in [5, 5.41) is 10.1. The Morgan fingerprint density at radius 1 is 1.32 bits per heavy atom. The number of nitrogens with zero attached hydrogens (tertiary/aromatic N) is 2. The minimum atomic E-state index is -3.99. The van der Waals surface area contributed by atoms with Gasteiger partial charge in [-0.25, -0.2) is 8.42 Å². The number of rotatable bonds is 5. The Labute approximate surface area is 129 Å². The maximum Gasteiger partial charge on any atom is 0.324 e. The number of carboxylic acids is 1. The first-order valence-electron chi connectivity index (χ1n) is 6.81. The van der Waals surface area contributed by atoms with Crippen molar-refractivity contribution in [3.63, 3.8) is 0 Å². The summed E-state index contributed by atoms with van der Waals surface area (Å²) in [4.78, 5) is 15.7. The topological polar surface area (TPSA) is 87.6 Å². The maximum atomic E-state index is 12.9. The van der Waals surface area contributed by atoms with Gasteiger partial charge in [0.2, 0.25) is 10.0 Å². The maximum absolute atomic E-state index is 12.9. The number of carboxylic acid groups (broad SMARTS) is 1. The van der Waals surface area contributed by atoms with Gasteiger partial charge in [-0.2, -0.15) is 4.31 Å². The molecule has 0 spiro atoms. The van der Waals surface area contributed by atoms with Crippen LogP contribution >= 0.6 is 0 Å². The Hall–Kier alpha value is -1.99. The van der Waals surface area contributed by atoms with Crippen molar-refractivity contribution in [3.05, 3.63) is 36.5 Å². The van der Waals surface area contributed by atoms with E-state index in [0.717, 1.165) is 4.31 Å². The molecule has 0 aliphatic carbocycles. The van der Waals surface area contributed by atoms with Crippen LogP contribution in [0.2, 0.25) is 0 Å². The van der Waals surface area contributed by atoms with Gasteiger partial charge in [-0.3, -0.25) is 9.78 Å². The van der Waals surface area contributed by atoms with Crippen molar-refractivity contribution in [1.82, 2.24) is 9.29 Å². The molecule has 22 heavy (non-hydrogen) atoms. The molecule has 0 amide bonds. The van der Waals surface area contributed by atoms with Crippen molar-refractivity contribution in [1.29, 1.82) is 0 Å². The molecule has 7 heteroatoms. The molecule has 0 aliphatic heterocycles. The number of fused-ring (bicyclic) bond motifs is 1. The molecule has 1 heterocycles. The first-order chi connectivity index (χ1) is 10.2. The normalized spacial score (nSPS) is 14.9. The van der Waals surface area contributed by atoms with Crippen molar-refractivity contribution >= 4 is 26.9 Å². The molecule has 0 aliphatic rings. The summed E-state index contributed by atoms with van der Waals surface area (Å²) in [6.07, 6.45) is 1.66. The smallest absolute Gasteiger partial charge is 0.324 e. The van der Waals surface area contributed by atoms with Crippen LogP contribution in [0.5, 0.6) is 0 Å². The van der Waals surface area contributed by atoms with E-state index < -0.39 is 21.5 Å². The summed E-state index contributed by atoms with van der Waals surface area (Å²) in [5.41, 5.74) is -1.18. The number of aliphatic carboxylic acids is 1. The fraction of sp³-hybridized carbons (Fsp3) is 0.333. The van der Waals surface area contributed by atoms with Crippen molar-refractivity contribution in [2.75, 3.05) is 7.05 Å². The van der Waals surface area contributed by atoms with E-state index in [9.17, 15) is 18.3 Å². The van der Waals surface area contributed by atoms with E-state index in [1.165, 1.54) is 26.2 Å². The number of hydrogen-bond donors (Lipinski definition) is 1. The van der Waals surface area contributed by atoms with Crippen LogP contribution in [0.15, 0.2) is 41.4 Å². The second kappa shape index (κ2) is 5.66. The van der Waals surface area contributed by atoms with E-state index in [1.54, 1.807) is 31.2 Å². The summed E-state index contributed by atoms with van der Waals surface area (Å²) in [5.74, 6) is -1.19. The summed E-state index contributed by atoms with van der Waals surface area (Å²) < 4.78 is 26.7. The van der Waals surface area contributed by atoms with E-state index >= 15 is 0 Å². The lowest BCUT2D eigenvalue weighted by Gasteiger charge is -2.33. The highest BCUT2D eigenvalue weighted by atomic mass is 32.2. The Morgan fingerprint density at radius 2 is 1.95 bits per heavy atom. The third-order valence-electron chi connectivity index (χ3n) is 4.08. The minimum absolute atomic E-state index is 0.00836. The summed E-state index contributed by atoms with van der Waals surface area (Å²) >= 11 is 0. The lowest BCUT2D eigenvalue weighted by Crippen LogP contribution is -2.52. The zero-order chi connectivity index (χ0) is 16.5. The third-order valence-corrected chi connectivity index (χ3v) is 6.09. The molecule has 2 rings (SSSR count). The quantitative estimate of drug-likeness (QED) is 0.911. The van der Waals surface area contributed by atoms with E-state index in [4.69, 9.17) is 0 Å².